The summed E-state index contributed by atoms with van der Waals surface area (Å²) in [6.45, 7) is -0.466. The third kappa shape index (κ3) is 2.52. The molecule has 0 bridgehead atoms. The van der Waals surface area contributed by atoms with Gasteiger partial charge in [-0.1, -0.05) is 0 Å². The van der Waals surface area contributed by atoms with E-state index in [1.54, 1.807) is 22.9 Å². The Bertz CT molecular complexity index is 180. The molecule has 1 aliphatic rings. The molecule has 1 rings (SSSR count). The fourth-order valence-corrected chi connectivity index (χ4v) is 1.46. The fourth-order valence-electron chi connectivity index (χ4n) is 1.21. The van der Waals surface area contributed by atoms with Crippen LogP contribution in [0.5, 0.6) is 0 Å². The van der Waals surface area contributed by atoms with Crippen LogP contribution in [0.25, 0.3) is 0 Å². The average molecular weight is 321 g/mol. The van der Waals surface area contributed by atoms with Crippen molar-refractivity contribution in [2.75, 3.05) is 6.61 Å². The maximum absolute atomic E-state index is 9.37. The number of hydrogen-bond acceptors (Lipinski definition) is 7. The molecule has 3 unspecified atom stereocenters. The Morgan fingerprint density at radius 3 is 2.36 bits per heavy atom. The zero-order chi connectivity index (χ0) is 10.7. The van der Waals surface area contributed by atoms with Crippen molar-refractivity contribution in [2.45, 2.75) is 30.7 Å². The zero-order valence-electron chi connectivity index (χ0n) is 7.08. The number of ether oxygens (including phenoxy) is 1. The van der Waals surface area contributed by atoms with Crippen molar-refractivity contribution in [2.24, 2.45) is 0 Å². The van der Waals surface area contributed by atoms with E-state index in [0.717, 1.165) is 0 Å². The van der Waals surface area contributed by atoms with Gasteiger partial charge >= 0.3 is 0 Å². The van der Waals surface area contributed by atoms with E-state index < -0.39 is 37.3 Å². The predicted octanol–water partition coefficient (Wildman–Crippen LogP) is -2.34. The van der Waals surface area contributed by atoms with E-state index in [-0.39, 0.29) is 0 Å². The SMILES string of the molecule is OCC1OC(ONI)C(O)[C@@H](O)[C@H]1O. The highest BCUT2D eigenvalue weighted by atomic mass is 127. The van der Waals surface area contributed by atoms with Gasteiger partial charge in [0.1, 0.15) is 24.4 Å². The summed E-state index contributed by atoms with van der Waals surface area (Å²) in [5.41, 5.74) is 0. The van der Waals surface area contributed by atoms with Gasteiger partial charge in [-0.05, 0) is 0 Å². The first-order valence-corrected chi connectivity index (χ1v) is 5.01. The van der Waals surface area contributed by atoms with Crippen molar-refractivity contribution in [3.63, 3.8) is 0 Å². The summed E-state index contributed by atoms with van der Waals surface area (Å²) < 4.78 is 7.23. The highest BCUT2D eigenvalue weighted by Gasteiger charge is 2.44. The Morgan fingerprint density at radius 2 is 1.86 bits per heavy atom. The molecule has 7 nitrogen and oxygen atoms in total. The molecule has 5 atom stereocenters. The van der Waals surface area contributed by atoms with E-state index >= 15 is 0 Å². The lowest BCUT2D eigenvalue weighted by molar-refractivity contribution is -0.306. The highest BCUT2D eigenvalue weighted by Crippen LogP contribution is 2.21. The van der Waals surface area contributed by atoms with E-state index in [1.165, 1.54) is 0 Å². The van der Waals surface area contributed by atoms with Crippen LogP contribution in [0.2, 0.25) is 0 Å². The van der Waals surface area contributed by atoms with Gasteiger partial charge < -0.3 is 25.2 Å². The van der Waals surface area contributed by atoms with Crippen LogP contribution >= 0.6 is 22.9 Å². The Morgan fingerprint density at radius 1 is 1.21 bits per heavy atom. The second-order valence-corrected chi connectivity index (χ2v) is 3.33. The number of aliphatic hydroxyl groups is 4. The van der Waals surface area contributed by atoms with Gasteiger partial charge in [-0.25, -0.2) is 0 Å². The molecule has 84 valence electrons. The summed E-state index contributed by atoms with van der Waals surface area (Å²) in [6.07, 6.45) is -6.19. The van der Waals surface area contributed by atoms with Gasteiger partial charge in [0, 0.05) is 22.9 Å². The number of aliphatic hydroxyl groups excluding tert-OH is 4. The lowest BCUT2D eigenvalue weighted by atomic mass is 9.99. The average Bonchev–Trinajstić information content (AvgIpc) is 2.19. The van der Waals surface area contributed by atoms with Crippen molar-refractivity contribution in [3.8, 4) is 0 Å². The number of nitrogens with one attached hydrogen (secondary N) is 1. The minimum atomic E-state index is -1.41. The van der Waals surface area contributed by atoms with Crippen LogP contribution in [-0.4, -0.2) is 57.7 Å². The summed E-state index contributed by atoms with van der Waals surface area (Å²) in [6, 6.07) is 0. The largest absolute Gasteiger partial charge is 0.394 e. The van der Waals surface area contributed by atoms with Crippen molar-refractivity contribution in [1.29, 1.82) is 0 Å². The van der Waals surface area contributed by atoms with Gasteiger partial charge in [-0.3, -0.25) is 4.84 Å². The molecular weight excluding hydrogens is 309 g/mol. The Labute approximate surface area is 94.1 Å². The van der Waals surface area contributed by atoms with E-state index in [9.17, 15) is 15.3 Å². The molecule has 0 aliphatic carbocycles. The van der Waals surface area contributed by atoms with Crippen molar-refractivity contribution >= 4 is 22.9 Å². The molecule has 0 aromatic rings. The smallest absolute Gasteiger partial charge is 0.207 e. The van der Waals surface area contributed by atoms with Crippen LogP contribution < -0.4 is 3.69 Å². The first-order chi connectivity index (χ1) is 6.61. The van der Waals surface area contributed by atoms with Gasteiger partial charge in [0.25, 0.3) is 0 Å². The standard InChI is InChI=1S/C6H12INO6/c7-8-14-6-5(12)4(11)3(10)2(1-9)13-6/h2-6,8-12H,1H2/t2?,3-,4-,5?,6?/m0/s1. The summed E-state index contributed by atoms with van der Waals surface area (Å²) in [5, 5.41) is 36.8. The Kier molecular flexibility index (Phi) is 4.93. The van der Waals surface area contributed by atoms with E-state index in [4.69, 9.17) is 14.7 Å². The van der Waals surface area contributed by atoms with Crippen LogP contribution in [0.3, 0.4) is 0 Å². The van der Waals surface area contributed by atoms with E-state index in [2.05, 4.69) is 3.69 Å². The van der Waals surface area contributed by atoms with Crippen LogP contribution in [0, 0.1) is 0 Å². The molecule has 5 N–H and O–H groups in total. The lowest BCUT2D eigenvalue weighted by Crippen LogP contribution is -2.59. The third-order valence-corrected chi connectivity index (χ3v) is 2.26. The van der Waals surface area contributed by atoms with Crippen molar-refractivity contribution in [1.82, 2.24) is 3.69 Å². The molecule has 0 radical (unpaired) electrons. The van der Waals surface area contributed by atoms with Crippen LogP contribution in [0.4, 0.5) is 0 Å². The van der Waals surface area contributed by atoms with Crippen molar-refractivity contribution in [3.05, 3.63) is 0 Å². The molecule has 1 aliphatic heterocycles. The Balaban J connectivity index is 2.63. The molecule has 1 heterocycles. The normalized spacial score (nSPS) is 43.9. The molecule has 1 fully saturated rings. The lowest BCUT2D eigenvalue weighted by Gasteiger charge is -2.38. The highest BCUT2D eigenvalue weighted by molar-refractivity contribution is 14.1. The summed E-state index contributed by atoms with van der Waals surface area (Å²) >= 11 is 1.66. The van der Waals surface area contributed by atoms with Gasteiger partial charge in [0.15, 0.2) is 0 Å². The summed E-state index contributed by atoms with van der Waals surface area (Å²) in [7, 11) is 0. The second-order valence-electron chi connectivity index (χ2n) is 2.89. The van der Waals surface area contributed by atoms with Crippen molar-refractivity contribution < 1.29 is 30.0 Å². The number of rotatable bonds is 3. The Hall–Kier alpha value is 0.450. The van der Waals surface area contributed by atoms with E-state index in [0.29, 0.717) is 0 Å². The predicted molar refractivity (Wildman–Crippen MR) is 52.0 cm³/mol. The minimum Gasteiger partial charge on any atom is -0.394 e. The van der Waals surface area contributed by atoms with Crippen LogP contribution in [-0.2, 0) is 9.57 Å². The zero-order valence-corrected chi connectivity index (χ0v) is 9.23. The van der Waals surface area contributed by atoms with Gasteiger partial charge in [0.05, 0.1) is 6.61 Å². The third-order valence-electron chi connectivity index (χ3n) is 2.01. The van der Waals surface area contributed by atoms with Crippen LogP contribution in [0.15, 0.2) is 0 Å². The summed E-state index contributed by atoms with van der Waals surface area (Å²) in [4.78, 5) is 4.73. The van der Waals surface area contributed by atoms with Gasteiger partial charge in [0.2, 0.25) is 6.29 Å². The molecule has 0 aromatic heterocycles. The quantitative estimate of drug-likeness (QED) is 0.225. The number of halogens is 1. The molecule has 8 heteroatoms. The molecule has 0 aromatic carbocycles. The fraction of sp³-hybridized carbons (Fsp3) is 1.00. The molecule has 0 saturated carbocycles. The van der Waals surface area contributed by atoms with Gasteiger partial charge in [-0.2, -0.15) is 0 Å². The maximum Gasteiger partial charge on any atom is 0.207 e. The maximum atomic E-state index is 9.37. The topological polar surface area (TPSA) is 111 Å². The first kappa shape index (κ1) is 12.5. The minimum absolute atomic E-state index is 0.466. The molecule has 0 spiro atoms. The molecule has 1 saturated heterocycles. The van der Waals surface area contributed by atoms with Crippen LogP contribution in [0.1, 0.15) is 0 Å². The van der Waals surface area contributed by atoms with E-state index in [1.807, 2.05) is 0 Å². The first-order valence-electron chi connectivity index (χ1n) is 3.93. The molecule has 0 amide bonds. The summed E-state index contributed by atoms with van der Waals surface area (Å²) in [5.74, 6) is 0. The monoisotopic (exact) mass is 321 g/mol. The molecule has 14 heavy (non-hydrogen) atoms. The number of hydrogen-bond donors (Lipinski definition) is 5. The molecular formula is C6H12INO6. The van der Waals surface area contributed by atoms with Gasteiger partial charge in [-0.15, -0.1) is 3.69 Å². The second kappa shape index (κ2) is 5.51.